The smallest absolute Gasteiger partial charge is 0.320 e. The number of para-hydroxylation sites is 2. The van der Waals surface area contributed by atoms with E-state index in [4.69, 9.17) is 11.6 Å². The Morgan fingerprint density at radius 3 is 2.57 bits per heavy atom. The van der Waals surface area contributed by atoms with E-state index < -0.39 is 5.37 Å². The summed E-state index contributed by atoms with van der Waals surface area (Å²) in [5, 5.41) is -0.412. The lowest BCUT2D eigenvalue weighted by atomic mass is 10.2. The van der Waals surface area contributed by atoms with Crippen molar-refractivity contribution in [2.75, 3.05) is 29.9 Å². The van der Waals surface area contributed by atoms with Gasteiger partial charge in [-0.05, 0) is 23.7 Å². The average Bonchev–Trinajstić information content (AvgIpc) is 2.18. The molecule has 0 radical (unpaired) electrons. The highest BCUT2D eigenvalue weighted by atomic mass is 35.5. The van der Waals surface area contributed by atoms with E-state index in [0.29, 0.717) is 6.54 Å². The van der Waals surface area contributed by atoms with Crippen molar-refractivity contribution in [2.24, 2.45) is 0 Å². The van der Waals surface area contributed by atoms with Crippen LogP contribution in [0.4, 0.5) is 16.2 Å². The van der Waals surface area contributed by atoms with Crippen molar-refractivity contribution in [3.8, 4) is 0 Å². The maximum atomic E-state index is 11.1. The Morgan fingerprint density at radius 2 is 1.93 bits per heavy atom. The van der Waals surface area contributed by atoms with Crippen LogP contribution in [0.2, 0.25) is 0 Å². The molecule has 0 unspecified atom stereocenters. The normalized spacial score (nSPS) is 15.3. The molecule has 0 N–H and O–H groups in total. The number of likely N-dealkylation sites (N-methyl/N-ethyl adjacent to an activating group) is 1. The molecule has 0 bridgehead atoms. The minimum Gasteiger partial charge on any atom is -0.371 e. The third-order valence-corrected chi connectivity index (χ3v) is 2.66. The molecule has 14 heavy (non-hydrogen) atoms. The van der Waals surface area contributed by atoms with Gasteiger partial charge >= 0.3 is 5.37 Å². The number of benzene rings is 1. The molecular weight excluding hydrogens is 200 g/mol. The standard InChI is InChI=1S/C10H11ClN2O/c1-12-6-7-13(10(11)14)9-5-3-2-4-8(9)12/h2-5H,6-7H2,1H3. The van der Waals surface area contributed by atoms with E-state index in [0.717, 1.165) is 17.9 Å². The van der Waals surface area contributed by atoms with E-state index in [9.17, 15) is 4.79 Å². The molecule has 1 aromatic rings. The fourth-order valence-corrected chi connectivity index (χ4v) is 1.86. The molecular formula is C10H11ClN2O. The summed E-state index contributed by atoms with van der Waals surface area (Å²) in [6.07, 6.45) is 0. The van der Waals surface area contributed by atoms with Crippen LogP contribution in [0.25, 0.3) is 0 Å². The van der Waals surface area contributed by atoms with E-state index in [-0.39, 0.29) is 0 Å². The summed E-state index contributed by atoms with van der Waals surface area (Å²) in [7, 11) is 2.01. The highest BCUT2D eigenvalue weighted by molar-refractivity contribution is 6.66. The lowest BCUT2D eigenvalue weighted by Crippen LogP contribution is -2.40. The zero-order valence-corrected chi connectivity index (χ0v) is 8.66. The predicted molar refractivity (Wildman–Crippen MR) is 58.3 cm³/mol. The number of carbonyl (C=O) groups excluding carboxylic acids is 1. The van der Waals surface area contributed by atoms with Gasteiger partial charge in [0, 0.05) is 20.1 Å². The second-order valence-electron chi connectivity index (χ2n) is 3.31. The first-order chi connectivity index (χ1) is 6.70. The van der Waals surface area contributed by atoms with Gasteiger partial charge in [-0.2, -0.15) is 0 Å². The van der Waals surface area contributed by atoms with Gasteiger partial charge in [-0.15, -0.1) is 0 Å². The molecule has 0 saturated heterocycles. The van der Waals surface area contributed by atoms with Crippen molar-refractivity contribution in [1.82, 2.24) is 0 Å². The molecule has 0 aliphatic carbocycles. The lowest BCUT2D eigenvalue weighted by molar-refractivity contribution is 0.264. The van der Waals surface area contributed by atoms with Crippen LogP contribution in [0.15, 0.2) is 24.3 Å². The highest BCUT2D eigenvalue weighted by Crippen LogP contribution is 2.32. The van der Waals surface area contributed by atoms with Crippen LogP contribution in [0.5, 0.6) is 0 Å². The van der Waals surface area contributed by atoms with Gasteiger partial charge < -0.3 is 4.90 Å². The van der Waals surface area contributed by atoms with E-state index in [2.05, 4.69) is 4.90 Å². The van der Waals surface area contributed by atoms with Crippen LogP contribution in [0, 0.1) is 0 Å². The maximum absolute atomic E-state index is 11.1. The van der Waals surface area contributed by atoms with Gasteiger partial charge in [-0.3, -0.25) is 9.69 Å². The number of fused-ring (bicyclic) bond motifs is 1. The van der Waals surface area contributed by atoms with Gasteiger partial charge in [0.1, 0.15) is 0 Å². The maximum Gasteiger partial charge on any atom is 0.320 e. The number of rotatable bonds is 0. The Kier molecular flexibility index (Phi) is 2.33. The zero-order valence-electron chi connectivity index (χ0n) is 7.90. The van der Waals surface area contributed by atoms with Crippen molar-refractivity contribution in [3.63, 3.8) is 0 Å². The Labute approximate surface area is 87.9 Å². The largest absolute Gasteiger partial charge is 0.371 e. The quantitative estimate of drug-likeness (QED) is 0.485. The van der Waals surface area contributed by atoms with Crippen molar-refractivity contribution >= 4 is 28.3 Å². The zero-order chi connectivity index (χ0) is 10.1. The molecule has 1 aliphatic heterocycles. The summed E-state index contributed by atoms with van der Waals surface area (Å²) in [6.45, 7) is 1.46. The van der Waals surface area contributed by atoms with Gasteiger partial charge in [0.2, 0.25) is 0 Å². The van der Waals surface area contributed by atoms with Crippen molar-refractivity contribution in [2.45, 2.75) is 0 Å². The summed E-state index contributed by atoms with van der Waals surface area (Å²) in [5.41, 5.74) is 1.94. The molecule has 0 atom stereocenters. The van der Waals surface area contributed by atoms with E-state index >= 15 is 0 Å². The fourth-order valence-electron chi connectivity index (χ4n) is 1.69. The molecule has 1 heterocycles. The van der Waals surface area contributed by atoms with Crippen LogP contribution >= 0.6 is 11.6 Å². The topological polar surface area (TPSA) is 23.6 Å². The molecule has 0 saturated carbocycles. The monoisotopic (exact) mass is 210 g/mol. The number of hydrogen-bond donors (Lipinski definition) is 0. The molecule has 1 aromatic carbocycles. The predicted octanol–water partition coefficient (Wildman–Crippen LogP) is 2.30. The molecule has 2 rings (SSSR count). The first-order valence-electron chi connectivity index (χ1n) is 4.47. The minimum absolute atomic E-state index is 0.412. The second kappa shape index (κ2) is 3.50. The number of nitrogens with zero attached hydrogens (tertiary/aromatic N) is 2. The highest BCUT2D eigenvalue weighted by Gasteiger charge is 2.23. The van der Waals surface area contributed by atoms with Crippen LogP contribution in [-0.4, -0.2) is 25.5 Å². The van der Waals surface area contributed by atoms with Crippen LogP contribution in [-0.2, 0) is 0 Å². The van der Waals surface area contributed by atoms with Crippen LogP contribution in [0.1, 0.15) is 0 Å². The van der Waals surface area contributed by atoms with Gasteiger partial charge in [0.05, 0.1) is 11.4 Å². The molecule has 0 fully saturated rings. The van der Waals surface area contributed by atoms with Crippen molar-refractivity contribution in [1.29, 1.82) is 0 Å². The average molecular weight is 211 g/mol. The first-order valence-corrected chi connectivity index (χ1v) is 4.85. The van der Waals surface area contributed by atoms with Crippen LogP contribution in [0.3, 0.4) is 0 Å². The SMILES string of the molecule is CN1CCN(C(=O)Cl)c2ccccc21. The van der Waals surface area contributed by atoms with Gasteiger partial charge in [0.15, 0.2) is 0 Å². The third kappa shape index (κ3) is 1.44. The number of amides is 1. The van der Waals surface area contributed by atoms with Crippen molar-refractivity contribution in [3.05, 3.63) is 24.3 Å². The van der Waals surface area contributed by atoms with E-state index in [1.165, 1.54) is 0 Å². The fraction of sp³-hybridized carbons (Fsp3) is 0.300. The third-order valence-electron chi connectivity index (χ3n) is 2.46. The summed E-state index contributed by atoms with van der Waals surface area (Å²) in [4.78, 5) is 14.9. The molecule has 1 aliphatic rings. The van der Waals surface area contributed by atoms with Gasteiger partial charge in [-0.1, -0.05) is 12.1 Å². The Balaban J connectivity index is 2.46. The first kappa shape index (κ1) is 9.34. The molecule has 3 nitrogen and oxygen atoms in total. The number of hydrogen-bond acceptors (Lipinski definition) is 2. The molecule has 0 aromatic heterocycles. The summed E-state index contributed by atoms with van der Waals surface area (Å²) in [5.74, 6) is 0. The molecule has 1 amide bonds. The molecule has 0 spiro atoms. The van der Waals surface area contributed by atoms with Gasteiger partial charge in [0.25, 0.3) is 0 Å². The van der Waals surface area contributed by atoms with Crippen LogP contribution < -0.4 is 9.80 Å². The number of carbonyl (C=O) groups is 1. The van der Waals surface area contributed by atoms with Crippen molar-refractivity contribution < 1.29 is 4.79 Å². The second-order valence-corrected chi connectivity index (χ2v) is 3.64. The summed E-state index contributed by atoms with van der Waals surface area (Å²) >= 11 is 5.50. The van der Waals surface area contributed by atoms with Gasteiger partial charge in [-0.25, -0.2) is 0 Å². The molecule has 4 heteroatoms. The summed E-state index contributed by atoms with van der Waals surface area (Å²) in [6, 6.07) is 7.76. The minimum atomic E-state index is -0.412. The Morgan fingerprint density at radius 1 is 1.29 bits per heavy atom. The lowest BCUT2D eigenvalue weighted by Gasteiger charge is -2.34. The Hall–Kier alpha value is -1.22. The van der Waals surface area contributed by atoms with E-state index in [1.807, 2.05) is 31.3 Å². The van der Waals surface area contributed by atoms with E-state index in [1.54, 1.807) is 4.90 Å². The number of anilines is 2. The number of halogens is 1. The molecule has 74 valence electrons. The summed E-state index contributed by atoms with van der Waals surface area (Å²) < 4.78 is 0. The Bertz CT molecular complexity index is 367.